The second-order valence-electron chi connectivity index (χ2n) is 3.77. The zero-order valence-electron chi connectivity index (χ0n) is 9.88. The maximum atomic E-state index is 4.21. The Morgan fingerprint density at radius 3 is 1.88 bits per heavy atom. The number of aromatic nitrogens is 1. The lowest BCUT2D eigenvalue weighted by Gasteiger charge is -1.97. The lowest BCUT2D eigenvalue weighted by atomic mass is 10.1. The summed E-state index contributed by atoms with van der Waals surface area (Å²) in [5.41, 5.74) is 1.10. The van der Waals surface area contributed by atoms with Gasteiger partial charge in [-0.2, -0.15) is 0 Å². The number of rotatable bonds is 0. The van der Waals surface area contributed by atoms with Crippen LogP contribution in [0.25, 0.3) is 10.8 Å². The van der Waals surface area contributed by atoms with Crippen LogP contribution in [0.1, 0.15) is 5.69 Å². The fourth-order valence-corrected chi connectivity index (χ4v) is 1.66. The van der Waals surface area contributed by atoms with Gasteiger partial charge in [0.25, 0.3) is 0 Å². The second-order valence-corrected chi connectivity index (χ2v) is 3.77. The molecule has 0 radical (unpaired) electrons. The van der Waals surface area contributed by atoms with Crippen molar-refractivity contribution in [2.75, 3.05) is 0 Å². The van der Waals surface area contributed by atoms with Gasteiger partial charge in [-0.15, -0.1) is 0 Å². The van der Waals surface area contributed by atoms with Crippen molar-refractivity contribution >= 4 is 10.8 Å². The molecule has 17 heavy (non-hydrogen) atoms. The average molecular weight is 221 g/mol. The first-order valence-electron chi connectivity index (χ1n) is 5.68. The van der Waals surface area contributed by atoms with E-state index in [9.17, 15) is 0 Å². The maximum absolute atomic E-state index is 4.21. The second kappa shape index (κ2) is 5.80. The smallest absolute Gasteiger partial charge is 0.0450 e. The van der Waals surface area contributed by atoms with Gasteiger partial charge < -0.3 is 0 Å². The molecule has 0 bridgehead atoms. The van der Waals surface area contributed by atoms with E-state index < -0.39 is 0 Å². The molecule has 0 spiro atoms. The number of pyridine rings is 1. The van der Waals surface area contributed by atoms with E-state index in [-0.39, 0.29) is 0 Å². The number of nitrogens with zero attached hydrogens (tertiary/aromatic N) is 1. The summed E-state index contributed by atoms with van der Waals surface area (Å²) >= 11 is 0. The van der Waals surface area contributed by atoms with Crippen LogP contribution in [0.4, 0.5) is 0 Å². The molecule has 0 aliphatic rings. The SMILES string of the molecule is Cc1nccc2ccccc12.c1ccccc1. The molecule has 3 rings (SSSR count). The van der Waals surface area contributed by atoms with Crippen molar-refractivity contribution in [3.8, 4) is 0 Å². The van der Waals surface area contributed by atoms with Crippen molar-refractivity contribution in [3.63, 3.8) is 0 Å². The Morgan fingerprint density at radius 2 is 1.29 bits per heavy atom. The Morgan fingerprint density at radius 1 is 0.706 bits per heavy atom. The van der Waals surface area contributed by atoms with Gasteiger partial charge >= 0.3 is 0 Å². The zero-order valence-corrected chi connectivity index (χ0v) is 9.88. The molecule has 0 saturated heterocycles. The van der Waals surface area contributed by atoms with Gasteiger partial charge in [0.1, 0.15) is 0 Å². The third-order valence-electron chi connectivity index (χ3n) is 2.54. The summed E-state index contributed by atoms with van der Waals surface area (Å²) in [6, 6.07) is 22.3. The molecule has 0 fully saturated rings. The Bertz CT molecular complexity index is 541. The summed E-state index contributed by atoms with van der Waals surface area (Å²) in [4.78, 5) is 4.21. The number of aryl methyl sites for hydroxylation is 1. The van der Waals surface area contributed by atoms with E-state index in [2.05, 4.69) is 17.1 Å². The average Bonchev–Trinajstić information content (AvgIpc) is 2.42. The van der Waals surface area contributed by atoms with Gasteiger partial charge in [0.2, 0.25) is 0 Å². The quantitative estimate of drug-likeness (QED) is 0.553. The molecule has 84 valence electrons. The Labute approximate surface area is 102 Å². The highest BCUT2D eigenvalue weighted by Gasteiger charge is 1.93. The van der Waals surface area contributed by atoms with Gasteiger partial charge in [-0.05, 0) is 18.4 Å². The van der Waals surface area contributed by atoms with E-state index >= 15 is 0 Å². The predicted molar refractivity (Wildman–Crippen MR) is 72.9 cm³/mol. The summed E-state index contributed by atoms with van der Waals surface area (Å²) < 4.78 is 0. The van der Waals surface area contributed by atoms with E-state index in [0.717, 1.165) is 5.69 Å². The highest BCUT2D eigenvalue weighted by Crippen LogP contribution is 2.14. The Balaban J connectivity index is 0.000000153. The fraction of sp³-hybridized carbons (Fsp3) is 0.0625. The molecule has 3 aromatic rings. The van der Waals surface area contributed by atoms with E-state index in [1.54, 1.807) is 0 Å². The predicted octanol–water partition coefficient (Wildman–Crippen LogP) is 4.23. The molecule has 1 aromatic heterocycles. The van der Waals surface area contributed by atoms with Gasteiger partial charge in [-0.3, -0.25) is 4.98 Å². The molecule has 0 aliphatic heterocycles. The van der Waals surface area contributed by atoms with Gasteiger partial charge in [-0.25, -0.2) is 0 Å². The van der Waals surface area contributed by atoms with Crippen molar-refractivity contribution in [2.24, 2.45) is 0 Å². The summed E-state index contributed by atoms with van der Waals surface area (Å²) in [5, 5.41) is 2.51. The number of hydrogen-bond donors (Lipinski definition) is 0. The molecule has 1 nitrogen and oxygen atoms in total. The highest BCUT2D eigenvalue weighted by atomic mass is 14.7. The Kier molecular flexibility index (Phi) is 3.87. The van der Waals surface area contributed by atoms with Crippen LogP contribution in [0.3, 0.4) is 0 Å². The minimum atomic E-state index is 1.10. The van der Waals surface area contributed by atoms with Crippen molar-refractivity contribution in [1.29, 1.82) is 0 Å². The first-order chi connectivity index (χ1) is 8.38. The summed E-state index contributed by atoms with van der Waals surface area (Å²) in [5.74, 6) is 0. The van der Waals surface area contributed by atoms with Crippen LogP contribution in [-0.4, -0.2) is 4.98 Å². The first kappa shape index (κ1) is 11.3. The monoisotopic (exact) mass is 221 g/mol. The standard InChI is InChI=1S/C10H9N.C6H6/c1-8-10-5-3-2-4-9(10)6-7-11-8;1-2-4-6-5-3-1/h2-7H,1H3;1-6H. The summed E-state index contributed by atoms with van der Waals surface area (Å²) in [6.07, 6.45) is 1.84. The molecule has 1 heterocycles. The normalized spacial score (nSPS) is 9.47. The van der Waals surface area contributed by atoms with Gasteiger partial charge in [0.15, 0.2) is 0 Å². The first-order valence-corrected chi connectivity index (χ1v) is 5.68. The molecule has 1 heteroatoms. The number of fused-ring (bicyclic) bond motifs is 1. The van der Waals surface area contributed by atoms with Crippen LogP contribution < -0.4 is 0 Å². The Hall–Kier alpha value is -2.15. The molecular formula is C16H15N. The van der Waals surface area contributed by atoms with Crippen LogP contribution in [0.2, 0.25) is 0 Å². The molecule has 0 amide bonds. The molecule has 0 atom stereocenters. The van der Waals surface area contributed by atoms with Crippen LogP contribution in [0, 0.1) is 6.92 Å². The zero-order chi connectivity index (χ0) is 11.9. The van der Waals surface area contributed by atoms with E-state index in [0.29, 0.717) is 0 Å². The highest BCUT2D eigenvalue weighted by molar-refractivity contribution is 5.83. The topological polar surface area (TPSA) is 12.9 Å². The van der Waals surface area contributed by atoms with Gasteiger partial charge in [0.05, 0.1) is 0 Å². The fourth-order valence-electron chi connectivity index (χ4n) is 1.66. The molecule has 0 N–H and O–H groups in total. The van der Waals surface area contributed by atoms with E-state index in [4.69, 9.17) is 0 Å². The minimum absolute atomic E-state index is 1.10. The third-order valence-corrected chi connectivity index (χ3v) is 2.54. The molecule has 0 aliphatic carbocycles. The molecule has 2 aromatic carbocycles. The van der Waals surface area contributed by atoms with Crippen LogP contribution in [-0.2, 0) is 0 Å². The summed E-state index contributed by atoms with van der Waals surface area (Å²) in [6.45, 7) is 2.03. The van der Waals surface area contributed by atoms with Gasteiger partial charge in [0, 0.05) is 17.3 Å². The van der Waals surface area contributed by atoms with Crippen LogP contribution in [0.15, 0.2) is 72.9 Å². The minimum Gasteiger partial charge on any atom is -0.261 e. The van der Waals surface area contributed by atoms with Gasteiger partial charge in [-0.1, -0.05) is 60.7 Å². The largest absolute Gasteiger partial charge is 0.261 e. The molecule has 0 unspecified atom stereocenters. The lowest BCUT2D eigenvalue weighted by Crippen LogP contribution is -1.80. The number of benzene rings is 2. The van der Waals surface area contributed by atoms with Crippen LogP contribution in [0.5, 0.6) is 0 Å². The summed E-state index contributed by atoms with van der Waals surface area (Å²) in [7, 11) is 0. The van der Waals surface area contributed by atoms with Crippen molar-refractivity contribution in [3.05, 3.63) is 78.6 Å². The van der Waals surface area contributed by atoms with E-state index in [1.165, 1.54) is 10.8 Å². The van der Waals surface area contributed by atoms with Crippen LogP contribution >= 0.6 is 0 Å². The maximum Gasteiger partial charge on any atom is 0.0450 e. The van der Waals surface area contributed by atoms with E-state index in [1.807, 2.05) is 67.7 Å². The molecule has 0 saturated carbocycles. The van der Waals surface area contributed by atoms with Crippen molar-refractivity contribution in [1.82, 2.24) is 4.98 Å². The lowest BCUT2D eigenvalue weighted by molar-refractivity contribution is 1.24. The number of hydrogen-bond acceptors (Lipinski definition) is 1. The van der Waals surface area contributed by atoms with Crippen molar-refractivity contribution in [2.45, 2.75) is 6.92 Å². The van der Waals surface area contributed by atoms with Crippen molar-refractivity contribution < 1.29 is 0 Å². The third kappa shape index (κ3) is 3.15. The molecular weight excluding hydrogens is 206 g/mol.